The minimum Gasteiger partial charge on any atom is -0.468 e. The van der Waals surface area contributed by atoms with Crippen molar-refractivity contribution in [1.29, 1.82) is 0 Å². The van der Waals surface area contributed by atoms with Gasteiger partial charge >= 0.3 is 5.97 Å². The van der Waals surface area contributed by atoms with Gasteiger partial charge in [0.05, 0.1) is 7.11 Å². The summed E-state index contributed by atoms with van der Waals surface area (Å²) in [5.41, 5.74) is -0.290. The highest BCUT2D eigenvalue weighted by Gasteiger charge is 2.32. The third-order valence-corrected chi connectivity index (χ3v) is 3.36. The molecule has 120 valence electrons. The SMILES string of the molecule is CCCNC(C)(CCCOCCC(C)(C)C)C(=O)OC. The van der Waals surface area contributed by atoms with E-state index in [0.717, 1.165) is 38.8 Å². The zero-order valence-corrected chi connectivity index (χ0v) is 14.2. The highest BCUT2D eigenvalue weighted by atomic mass is 16.5. The van der Waals surface area contributed by atoms with Crippen molar-refractivity contribution in [2.45, 2.75) is 65.8 Å². The molecule has 0 aliphatic carbocycles. The molecule has 4 heteroatoms. The molecular formula is C16H33NO3. The van der Waals surface area contributed by atoms with E-state index in [1.54, 1.807) is 0 Å². The average Bonchev–Trinajstić information content (AvgIpc) is 2.38. The lowest BCUT2D eigenvalue weighted by molar-refractivity contribution is -0.148. The van der Waals surface area contributed by atoms with E-state index in [4.69, 9.17) is 9.47 Å². The molecule has 0 radical (unpaired) electrons. The highest BCUT2D eigenvalue weighted by molar-refractivity contribution is 5.80. The maximum absolute atomic E-state index is 11.9. The molecule has 0 fully saturated rings. The van der Waals surface area contributed by atoms with Crippen molar-refractivity contribution in [3.63, 3.8) is 0 Å². The molecule has 0 aliphatic heterocycles. The molecule has 20 heavy (non-hydrogen) atoms. The second kappa shape index (κ2) is 9.35. The van der Waals surface area contributed by atoms with Crippen molar-refractivity contribution in [1.82, 2.24) is 5.32 Å². The zero-order valence-electron chi connectivity index (χ0n) is 14.2. The second-order valence-corrected chi connectivity index (χ2v) is 6.78. The summed E-state index contributed by atoms with van der Waals surface area (Å²) >= 11 is 0. The van der Waals surface area contributed by atoms with Crippen LogP contribution in [0.4, 0.5) is 0 Å². The maximum Gasteiger partial charge on any atom is 0.325 e. The van der Waals surface area contributed by atoms with Crippen LogP contribution < -0.4 is 5.32 Å². The Bertz CT molecular complexity index is 273. The largest absolute Gasteiger partial charge is 0.468 e. The summed E-state index contributed by atoms with van der Waals surface area (Å²) in [5.74, 6) is -0.194. The molecule has 0 saturated heterocycles. The van der Waals surface area contributed by atoms with Crippen molar-refractivity contribution in [2.24, 2.45) is 5.41 Å². The molecule has 0 bridgehead atoms. The van der Waals surface area contributed by atoms with Crippen LogP contribution in [0.15, 0.2) is 0 Å². The summed E-state index contributed by atoms with van der Waals surface area (Å²) in [6, 6.07) is 0. The van der Waals surface area contributed by atoms with E-state index in [-0.39, 0.29) is 5.97 Å². The van der Waals surface area contributed by atoms with Gasteiger partial charge in [-0.05, 0) is 44.6 Å². The molecule has 4 nitrogen and oxygen atoms in total. The summed E-state index contributed by atoms with van der Waals surface area (Å²) in [6.07, 6.45) is 3.63. The fourth-order valence-corrected chi connectivity index (χ4v) is 1.90. The molecule has 0 aliphatic rings. The highest BCUT2D eigenvalue weighted by Crippen LogP contribution is 2.18. The Morgan fingerprint density at radius 2 is 1.75 bits per heavy atom. The van der Waals surface area contributed by atoms with E-state index in [2.05, 4.69) is 33.0 Å². The van der Waals surface area contributed by atoms with E-state index >= 15 is 0 Å². The quantitative estimate of drug-likeness (QED) is 0.495. The van der Waals surface area contributed by atoms with Gasteiger partial charge in [0, 0.05) is 13.2 Å². The van der Waals surface area contributed by atoms with Crippen LogP contribution in [0.1, 0.15) is 60.3 Å². The molecule has 0 spiro atoms. The van der Waals surface area contributed by atoms with Gasteiger partial charge in [-0.25, -0.2) is 0 Å². The lowest BCUT2D eigenvalue weighted by Gasteiger charge is -2.28. The summed E-state index contributed by atoms with van der Waals surface area (Å²) in [5, 5.41) is 3.28. The molecule has 0 rings (SSSR count). The van der Waals surface area contributed by atoms with Crippen molar-refractivity contribution in [3.8, 4) is 0 Å². The Balaban J connectivity index is 4.00. The number of ether oxygens (including phenoxy) is 2. The third-order valence-electron chi connectivity index (χ3n) is 3.36. The van der Waals surface area contributed by atoms with Gasteiger partial charge in [-0.3, -0.25) is 4.79 Å². The Morgan fingerprint density at radius 3 is 2.25 bits per heavy atom. The van der Waals surface area contributed by atoms with Crippen LogP contribution in [0, 0.1) is 5.41 Å². The summed E-state index contributed by atoms with van der Waals surface area (Å²) in [7, 11) is 1.44. The first-order valence-electron chi connectivity index (χ1n) is 7.66. The molecule has 0 saturated carbocycles. The van der Waals surface area contributed by atoms with Crippen molar-refractivity contribution >= 4 is 5.97 Å². The van der Waals surface area contributed by atoms with Gasteiger partial charge < -0.3 is 14.8 Å². The molecule has 1 unspecified atom stereocenters. The van der Waals surface area contributed by atoms with Crippen LogP contribution in [-0.4, -0.2) is 38.4 Å². The average molecular weight is 287 g/mol. The van der Waals surface area contributed by atoms with Gasteiger partial charge in [-0.1, -0.05) is 27.7 Å². The number of carbonyl (C=O) groups is 1. The summed E-state index contributed by atoms with van der Waals surface area (Å²) in [4.78, 5) is 11.9. The van der Waals surface area contributed by atoms with Gasteiger partial charge in [-0.15, -0.1) is 0 Å². The first-order valence-corrected chi connectivity index (χ1v) is 7.66. The molecular weight excluding hydrogens is 254 g/mol. The molecule has 0 heterocycles. The van der Waals surface area contributed by atoms with E-state index in [0.29, 0.717) is 12.0 Å². The van der Waals surface area contributed by atoms with Crippen molar-refractivity contribution < 1.29 is 14.3 Å². The Kier molecular flexibility index (Phi) is 9.06. The molecule has 0 amide bonds. The number of esters is 1. The zero-order chi connectivity index (χ0) is 15.6. The van der Waals surface area contributed by atoms with Gasteiger partial charge in [0.1, 0.15) is 5.54 Å². The molecule has 0 aromatic carbocycles. The number of carbonyl (C=O) groups excluding carboxylic acids is 1. The molecule has 1 N–H and O–H groups in total. The fourth-order valence-electron chi connectivity index (χ4n) is 1.90. The van der Waals surface area contributed by atoms with Crippen LogP contribution in [0.25, 0.3) is 0 Å². The monoisotopic (exact) mass is 287 g/mol. The van der Waals surface area contributed by atoms with Crippen LogP contribution in [0.5, 0.6) is 0 Å². The number of hydrogen-bond acceptors (Lipinski definition) is 4. The van der Waals surface area contributed by atoms with Crippen LogP contribution in [0.3, 0.4) is 0 Å². The third kappa shape index (κ3) is 8.54. The normalized spacial score (nSPS) is 14.9. The van der Waals surface area contributed by atoms with Crippen molar-refractivity contribution in [2.75, 3.05) is 26.9 Å². The van der Waals surface area contributed by atoms with Gasteiger partial charge in [-0.2, -0.15) is 0 Å². The van der Waals surface area contributed by atoms with Crippen LogP contribution in [0.2, 0.25) is 0 Å². The predicted octanol–water partition coefficient (Wildman–Crippen LogP) is 3.15. The first kappa shape index (κ1) is 19.4. The Labute approximate surface area is 124 Å². The second-order valence-electron chi connectivity index (χ2n) is 6.78. The van der Waals surface area contributed by atoms with Gasteiger partial charge in [0.2, 0.25) is 0 Å². The smallest absolute Gasteiger partial charge is 0.325 e. The van der Waals surface area contributed by atoms with E-state index in [1.165, 1.54) is 7.11 Å². The van der Waals surface area contributed by atoms with Gasteiger partial charge in [0.25, 0.3) is 0 Å². The van der Waals surface area contributed by atoms with E-state index < -0.39 is 5.54 Å². The fraction of sp³-hybridized carbons (Fsp3) is 0.938. The Morgan fingerprint density at radius 1 is 1.10 bits per heavy atom. The number of hydrogen-bond donors (Lipinski definition) is 1. The van der Waals surface area contributed by atoms with Crippen LogP contribution >= 0.6 is 0 Å². The molecule has 1 atom stereocenters. The Hall–Kier alpha value is -0.610. The standard InChI is InChI=1S/C16H33NO3/c1-7-11-17-16(5,14(18)19-6)9-8-12-20-13-10-15(2,3)4/h17H,7-13H2,1-6H3. The van der Waals surface area contributed by atoms with E-state index in [9.17, 15) is 4.79 Å². The van der Waals surface area contributed by atoms with E-state index in [1.807, 2.05) is 6.92 Å². The minimum atomic E-state index is -0.599. The first-order chi connectivity index (χ1) is 9.25. The topological polar surface area (TPSA) is 47.6 Å². The number of methoxy groups -OCH3 is 1. The van der Waals surface area contributed by atoms with Crippen LogP contribution in [-0.2, 0) is 14.3 Å². The lowest BCUT2D eigenvalue weighted by atomic mass is 9.93. The number of nitrogens with one attached hydrogen (secondary N) is 1. The molecule has 0 aromatic rings. The minimum absolute atomic E-state index is 0.194. The number of rotatable bonds is 10. The summed E-state index contributed by atoms with van der Waals surface area (Å²) < 4.78 is 10.5. The maximum atomic E-state index is 11.9. The molecule has 0 aromatic heterocycles. The van der Waals surface area contributed by atoms with Crippen molar-refractivity contribution in [3.05, 3.63) is 0 Å². The lowest BCUT2D eigenvalue weighted by Crippen LogP contribution is -2.50. The predicted molar refractivity (Wildman–Crippen MR) is 82.8 cm³/mol. The summed E-state index contributed by atoms with van der Waals surface area (Å²) in [6.45, 7) is 12.9. The van der Waals surface area contributed by atoms with Gasteiger partial charge in [0.15, 0.2) is 0 Å².